The quantitative estimate of drug-likeness (QED) is 0.492. The summed E-state index contributed by atoms with van der Waals surface area (Å²) in [5, 5.41) is 1.23. The average molecular weight is 400 g/mol. The summed E-state index contributed by atoms with van der Waals surface area (Å²) in [5.41, 5.74) is 2.46. The lowest BCUT2D eigenvalue weighted by Crippen LogP contribution is -2.30. The van der Waals surface area contributed by atoms with Gasteiger partial charge in [-0.2, -0.15) is 0 Å². The molecule has 0 spiro atoms. The van der Waals surface area contributed by atoms with Crippen molar-refractivity contribution in [1.82, 2.24) is 9.47 Å². The number of rotatable bonds is 4. The van der Waals surface area contributed by atoms with E-state index < -0.39 is 0 Å². The molecule has 0 bridgehead atoms. The number of hydrogen-bond donors (Lipinski definition) is 0. The number of nitrogens with zero attached hydrogens (tertiary/aromatic N) is 2. The van der Waals surface area contributed by atoms with E-state index in [0.717, 1.165) is 22.3 Å². The monoisotopic (exact) mass is 400 g/mol. The summed E-state index contributed by atoms with van der Waals surface area (Å²) in [6.07, 6.45) is 0. The maximum atomic E-state index is 13.1. The Hall–Kier alpha value is -3.80. The topological polar surface area (TPSA) is 60.8 Å². The van der Waals surface area contributed by atoms with E-state index in [1.165, 1.54) is 0 Å². The number of carbonyl (C=O) groups excluding carboxylic acids is 1. The Morgan fingerprint density at radius 2 is 1.57 bits per heavy atom. The molecule has 0 fully saturated rings. The van der Waals surface area contributed by atoms with Gasteiger partial charge in [-0.25, -0.2) is 0 Å². The van der Waals surface area contributed by atoms with Crippen LogP contribution >= 0.6 is 0 Å². The second kappa shape index (κ2) is 7.22. The molecule has 30 heavy (non-hydrogen) atoms. The second-order valence-electron chi connectivity index (χ2n) is 7.39. The van der Waals surface area contributed by atoms with Gasteiger partial charge in [-0.3, -0.25) is 9.59 Å². The minimum atomic E-state index is -0.0494. The van der Waals surface area contributed by atoms with Gasteiger partial charge in [0.2, 0.25) is 12.7 Å². The molecule has 0 radical (unpaired) electrons. The van der Waals surface area contributed by atoms with E-state index in [1.807, 2.05) is 59.2 Å². The fraction of sp³-hybridized carbons (Fsp3) is 0.167. The van der Waals surface area contributed by atoms with Crippen LogP contribution in [0, 0.1) is 0 Å². The van der Waals surface area contributed by atoms with E-state index in [-0.39, 0.29) is 24.7 Å². The summed E-state index contributed by atoms with van der Waals surface area (Å²) in [5.74, 6) is 1.37. The molecule has 0 atom stereocenters. The zero-order valence-electron chi connectivity index (χ0n) is 16.5. The van der Waals surface area contributed by atoms with Crippen molar-refractivity contribution in [2.45, 2.75) is 13.1 Å². The number of ether oxygens (including phenoxy) is 2. The first-order valence-electron chi connectivity index (χ1n) is 9.74. The molecule has 6 heteroatoms. The molecule has 0 aliphatic carbocycles. The van der Waals surface area contributed by atoms with Gasteiger partial charge in [-0.1, -0.05) is 30.3 Å². The molecule has 150 valence electrons. The van der Waals surface area contributed by atoms with Crippen LogP contribution in [0.2, 0.25) is 0 Å². The van der Waals surface area contributed by atoms with Crippen molar-refractivity contribution >= 4 is 27.7 Å². The third-order valence-corrected chi connectivity index (χ3v) is 5.45. The summed E-state index contributed by atoms with van der Waals surface area (Å²) in [4.78, 5) is 27.6. The molecule has 1 amide bonds. The first-order chi connectivity index (χ1) is 14.6. The van der Waals surface area contributed by atoms with Gasteiger partial charge in [0, 0.05) is 24.4 Å². The molecule has 1 aromatic heterocycles. The van der Waals surface area contributed by atoms with Gasteiger partial charge in [0.1, 0.15) is 6.54 Å². The Labute approximate surface area is 172 Å². The first kappa shape index (κ1) is 18.2. The summed E-state index contributed by atoms with van der Waals surface area (Å²) in [6, 6.07) is 20.5. The summed E-state index contributed by atoms with van der Waals surface area (Å²) < 4.78 is 12.7. The van der Waals surface area contributed by atoms with Crippen LogP contribution in [0.5, 0.6) is 11.5 Å². The van der Waals surface area contributed by atoms with Crippen molar-refractivity contribution in [2.75, 3.05) is 13.8 Å². The van der Waals surface area contributed by atoms with E-state index in [2.05, 4.69) is 0 Å². The van der Waals surface area contributed by atoms with Crippen LogP contribution in [0.15, 0.2) is 71.5 Å². The molecule has 3 aromatic carbocycles. The normalized spacial score (nSPS) is 12.4. The molecule has 2 heterocycles. The molecule has 1 aliphatic heterocycles. The molecular formula is C24H20N2O4. The van der Waals surface area contributed by atoms with Gasteiger partial charge in [0.25, 0.3) is 0 Å². The van der Waals surface area contributed by atoms with Crippen molar-refractivity contribution < 1.29 is 14.3 Å². The number of benzene rings is 3. The Kier molecular flexibility index (Phi) is 4.39. The molecule has 0 N–H and O–H groups in total. The number of likely N-dealkylation sites (N-methyl/N-ethyl adjacent to an activating group) is 1. The lowest BCUT2D eigenvalue weighted by molar-refractivity contribution is -0.130. The van der Waals surface area contributed by atoms with Crippen LogP contribution in [-0.4, -0.2) is 29.2 Å². The SMILES string of the molecule is CN(Cc1ccc2c(c1)OCO2)C(=O)Cn1c2ccccc2c(=O)c2ccccc21. The minimum Gasteiger partial charge on any atom is -0.454 e. The molecule has 0 saturated carbocycles. The van der Waals surface area contributed by atoms with Gasteiger partial charge in [0.15, 0.2) is 16.9 Å². The van der Waals surface area contributed by atoms with Crippen LogP contribution in [0.1, 0.15) is 5.56 Å². The lowest BCUT2D eigenvalue weighted by atomic mass is 10.1. The van der Waals surface area contributed by atoms with Crippen molar-refractivity contribution in [3.05, 3.63) is 82.5 Å². The fourth-order valence-electron chi connectivity index (χ4n) is 3.90. The van der Waals surface area contributed by atoms with Crippen LogP contribution in [-0.2, 0) is 17.9 Å². The molecule has 0 saturated heterocycles. The third-order valence-electron chi connectivity index (χ3n) is 5.45. The van der Waals surface area contributed by atoms with Crippen molar-refractivity contribution in [2.24, 2.45) is 0 Å². The van der Waals surface area contributed by atoms with Crippen LogP contribution < -0.4 is 14.9 Å². The largest absolute Gasteiger partial charge is 0.454 e. The van der Waals surface area contributed by atoms with Crippen LogP contribution in [0.25, 0.3) is 21.8 Å². The maximum Gasteiger partial charge on any atom is 0.242 e. The van der Waals surface area contributed by atoms with E-state index in [4.69, 9.17) is 9.47 Å². The summed E-state index contributed by atoms with van der Waals surface area (Å²) >= 11 is 0. The highest BCUT2D eigenvalue weighted by molar-refractivity contribution is 5.94. The average Bonchev–Trinajstić information content (AvgIpc) is 3.24. The maximum absolute atomic E-state index is 13.1. The molecule has 4 aromatic rings. The highest BCUT2D eigenvalue weighted by Gasteiger charge is 2.17. The molecular weight excluding hydrogens is 380 g/mol. The Morgan fingerprint density at radius 1 is 0.933 bits per heavy atom. The lowest BCUT2D eigenvalue weighted by Gasteiger charge is -2.20. The zero-order chi connectivity index (χ0) is 20.7. The first-order valence-corrected chi connectivity index (χ1v) is 9.74. The number of aromatic nitrogens is 1. The molecule has 0 unspecified atom stereocenters. The van der Waals surface area contributed by atoms with Gasteiger partial charge in [0.05, 0.1) is 11.0 Å². The molecule has 5 rings (SSSR count). The number of pyridine rings is 1. The van der Waals surface area contributed by atoms with Gasteiger partial charge in [-0.05, 0) is 42.0 Å². The predicted molar refractivity (Wildman–Crippen MR) is 115 cm³/mol. The number of hydrogen-bond acceptors (Lipinski definition) is 4. The second-order valence-corrected chi connectivity index (χ2v) is 7.39. The van der Waals surface area contributed by atoms with E-state index in [0.29, 0.717) is 23.1 Å². The Balaban J connectivity index is 1.48. The molecule has 1 aliphatic rings. The van der Waals surface area contributed by atoms with Crippen molar-refractivity contribution in [1.29, 1.82) is 0 Å². The Morgan fingerprint density at radius 3 is 2.27 bits per heavy atom. The minimum absolute atomic E-state index is 0.0152. The highest BCUT2D eigenvalue weighted by Crippen LogP contribution is 2.32. The van der Waals surface area contributed by atoms with Crippen LogP contribution in [0.3, 0.4) is 0 Å². The summed E-state index contributed by atoms with van der Waals surface area (Å²) in [7, 11) is 1.78. The number of carbonyl (C=O) groups is 1. The predicted octanol–water partition coefficient (Wildman–Crippen LogP) is 3.54. The fourth-order valence-corrected chi connectivity index (χ4v) is 3.90. The van der Waals surface area contributed by atoms with Gasteiger partial charge >= 0.3 is 0 Å². The zero-order valence-corrected chi connectivity index (χ0v) is 16.5. The standard InChI is InChI=1S/C24H20N2O4/c1-25(13-16-10-11-21-22(12-16)30-15-29-21)23(27)14-26-19-8-4-2-6-17(19)24(28)18-7-3-5-9-20(18)26/h2-12H,13-15H2,1H3. The van der Waals surface area contributed by atoms with Gasteiger partial charge < -0.3 is 18.9 Å². The van der Waals surface area contributed by atoms with Gasteiger partial charge in [-0.15, -0.1) is 0 Å². The van der Waals surface area contributed by atoms with E-state index >= 15 is 0 Å². The number of para-hydroxylation sites is 2. The van der Waals surface area contributed by atoms with Crippen molar-refractivity contribution in [3.8, 4) is 11.5 Å². The third kappa shape index (κ3) is 3.06. The highest BCUT2D eigenvalue weighted by atomic mass is 16.7. The van der Waals surface area contributed by atoms with E-state index in [1.54, 1.807) is 24.1 Å². The number of amides is 1. The molecule has 6 nitrogen and oxygen atoms in total. The number of fused-ring (bicyclic) bond motifs is 3. The smallest absolute Gasteiger partial charge is 0.242 e. The van der Waals surface area contributed by atoms with Crippen LogP contribution in [0.4, 0.5) is 0 Å². The van der Waals surface area contributed by atoms with Crippen molar-refractivity contribution in [3.63, 3.8) is 0 Å². The summed E-state index contributed by atoms with van der Waals surface area (Å²) in [6.45, 7) is 0.813. The van der Waals surface area contributed by atoms with E-state index in [9.17, 15) is 9.59 Å². The Bertz CT molecular complexity index is 1280.